The van der Waals surface area contributed by atoms with Crippen molar-refractivity contribution in [3.63, 3.8) is 0 Å². The first-order valence-electron chi connectivity index (χ1n) is 6.48. The number of hydrogen-bond acceptors (Lipinski definition) is 2. The quantitative estimate of drug-likeness (QED) is 0.850. The zero-order valence-corrected chi connectivity index (χ0v) is 13.4. The van der Waals surface area contributed by atoms with E-state index < -0.39 is 5.82 Å². The molecule has 0 aliphatic heterocycles. The van der Waals surface area contributed by atoms with Crippen LogP contribution in [-0.2, 0) is 0 Å². The largest absolute Gasteiger partial charge is 0.399 e. The second kappa shape index (κ2) is 6.26. The van der Waals surface area contributed by atoms with Crippen molar-refractivity contribution < 1.29 is 9.18 Å². The molecule has 0 fully saturated rings. The van der Waals surface area contributed by atoms with E-state index in [4.69, 9.17) is 5.73 Å². The SMILES string of the molecule is CC(c1cccc(N)c1)N(C)C(=O)c1cc(F)ccc1Br. The van der Waals surface area contributed by atoms with Crippen LogP contribution >= 0.6 is 15.9 Å². The molecule has 5 heteroatoms. The lowest BCUT2D eigenvalue weighted by atomic mass is 10.1. The Morgan fingerprint density at radius 2 is 2.00 bits per heavy atom. The van der Waals surface area contributed by atoms with Gasteiger partial charge in [-0.05, 0) is 58.7 Å². The highest BCUT2D eigenvalue weighted by Crippen LogP contribution is 2.25. The second-order valence-corrected chi connectivity index (χ2v) is 5.74. The van der Waals surface area contributed by atoms with Crippen LogP contribution in [0.2, 0.25) is 0 Å². The third kappa shape index (κ3) is 3.42. The summed E-state index contributed by atoms with van der Waals surface area (Å²) in [5.74, 6) is -0.692. The zero-order chi connectivity index (χ0) is 15.6. The first-order valence-corrected chi connectivity index (χ1v) is 7.27. The van der Waals surface area contributed by atoms with Crippen molar-refractivity contribution in [2.24, 2.45) is 0 Å². The number of nitrogens with two attached hydrogens (primary N) is 1. The van der Waals surface area contributed by atoms with Crippen molar-refractivity contribution in [3.8, 4) is 0 Å². The third-order valence-corrected chi connectivity index (χ3v) is 4.14. The van der Waals surface area contributed by atoms with Gasteiger partial charge in [0, 0.05) is 17.2 Å². The number of nitrogen functional groups attached to an aromatic ring is 1. The van der Waals surface area contributed by atoms with Gasteiger partial charge in [-0.15, -0.1) is 0 Å². The van der Waals surface area contributed by atoms with Crippen LogP contribution in [0.5, 0.6) is 0 Å². The van der Waals surface area contributed by atoms with Crippen molar-refractivity contribution in [2.45, 2.75) is 13.0 Å². The summed E-state index contributed by atoms with van der Waals surface area (Å²) in [7, 11) is 1.69. The average molecular weight is 351 g/mol. The van der Waals surface area contributed by atoms with Gasteiger partial charge in [-0.2, -0.15) is 0 Å². The summed E-state index contributed by atoms with van der Waals surface area (Å²) in [5, 5.41) is 0. The number of benzene rings is 2. The Balaban J connectivity index is 2.28. The summed E-state index contributed by atoms with van der Waals surface area (Å²) in [5.41, 5.74) is 7.64. The fraction of sp³-hybridized carbons (Fsp3) is 0.188. The van der Waals surface area contributed by atoms with Gasteiger partial charge in [0.05, 0.1) is 11.6 Å². The van der Waals surface area contributed by atoms with Gasteiger partial charge in [0.25, 0.3) is 5.91 Å². The van der Waals surface area contributed by atoms with Crippen molar-refractivity contribution >= 4 is 27.5 Å². The Labute approximate surface area is 131 Å². The molecule has 0 aliphatic carbocycles. The number of carbonyl (C=O) groups is 1. The van der Waals surface area contributed by atoms with Crippen LogP contribution in [-0.4, -0.2) is 17.9 Å². The number of hydrogen-bond donors (Lipinski definition) is 1. The molecule has 2 N–H and O–H groups in total. The van der Waals surface area contributed by atoms with Crippen molar-refractivity contribution in [2.75, 3.05) is 12.8 Å². The van der Waals surface area contributed by atoms with E-state index in [1.165, 1.54) is 18.2 Å². The molecule has 0 saturated carbocycles. The Hall–Kier alpha value is -1.88. The number of amides is 1. The molecule has 0 aromatic heterocycles. The maximum absolute atomic E-state index is 13.3. The standard InChI is InChI=1S/C16H16BrFN2O/c1-10(11-4-3-5-13(19)8-11)20(2)16(21)14-9-12(18)6-7-15(14)17/h3-10H,19H2,1-2H3. The number of anilines is 1. The molecule has 0 saturated heterocycles. The molecule has 1 unspecified atom stereocenters. The molecular weight excluding hydrogens is 335 g/mol. The highest BCUT2D eigenvalue weighted by molar-refractivity contribution is 9.10. The molecule has 2 aromatic rings. The molecule has 0 aliphatic rings. The van der Waals surface area contributed by atoms with Crippen LogP contribution < -0.4 is 5.73 Å². The molecule has 21 heavy (non-hydrogen) atoms. The molecular formula is C16H16BrFN2O. The average Bonchev–Trinajstić information content (AvgIpc) is 2.47. The predicted octanol–water partition coefficient (Wildman–Crippen LogP) is 4.00. The van der Waals surface area contributed by atoms with Crippen molar-refractivity contribution in [1.29, 1.82) is 0 Å². The van der Waals surface area contributed by atoms with Gasteiger partial charge < -0.3 is 10.6 Å². The molecule has 2 aromatic carbocycles. The van der Waals surface area contributed by atoms with Gasteiger partial charge in [0.2, 0.25) is 0 Å². The van der Waals surface area contributed by atoms with E-state index in [1.54, 1.807) is 18.0 Å². The minimum atomic E-state index is -0.438. The minimum Gasteiger partial charge on any atom is -0.399 e. The Morgan fingerprint density at radius 1 is 1.29 bits per heavy atom. The van der Waals surface area contributed by atoms with Gasteiger partial charge in [0.1, 0.15) is 5.82 Å². The van der Waals surface area contributed by atoms with Gasteiger partial charge >= 0.3 is 0 Å². The summed E-state index contributed by atoms with van der Waals surface area (Å²) in [6.45, 7) is 1.90. The van der Waals surface area contributed by atoms with E-state index in [9.17, 15) is 9.18 Å². The van der Waals surface area contributed by atoms with E-state index in [1.807, 2.05) is 25.1 Å². The monoisotopic (exact) mass is 350 g/mol. The molecule has 1 atom stereocenters. The van der Waals surface area contributed by atoms with E-state index in [-0.39, 0.29) is 11.9 Å². The first-order chi connectivity index (χ1) is 9.90. The zero-order valence-electron chi connectivity index (χ0n) is 11.8. The van der Waals surface area contributed by atoms with Crippen molar-refractivity contribution in [3.05, 3.63) is 63.9 Å². The molecule has 2 rings (SSSR count). The molecule has 1 amide bonds. The Kier molecular flexibility index (Phi) is 4.63. The Bertz CT molecular complexity index is 675. The van der Waals surface area contributed by atoms with E-state index in [0.717, 1.165) is 5.56 Å². The van der Waals surface area contributed by atoms with Gasteiger partial charge in [-0.25, -0.2) is 4.39 Å². The van der Waals surface area contributed by atoms with Crippen molar-refractivity contribution in [1.82, 2.24) is 4.90 Å². The topological polar surface area (TPSA) is 46.3 Å². The fourth-order valence-corrected chi connectivity index (χ4v) is 2.49. The number of rotatable bonds is 3. The van der Waals surface area contributed by atoms with E-state index in [0.29, 0.717) is 15.7 Å². The van der Waals surface area contributed by atoms with Crippen LogP contribution in [0.4, 0.5) is 10.1 Å². The normalized spacial score (nSPS) is 12.0. The molecule has 3 nitrogen and oxygen atoms in total. The van der Waals surface area contributed by atoms with Gasteiger partial charge in [-0.1, -0.05) is 12.1 Å². The third-order valence-electron chi connectivity index (χ3n) is 3.45. The second-order valence-electron chi connectivity index (χ2n) is 4.89. The summed E-state index contributed by atoms with van der Waals surface area (Å²) in [4.78, 5) is 14.1. The number of halogens is 2. The lowest BCUT2D eigenvalue weighted by molar-refractivity contribution is 0.0741. The fourth-order valence-electron chi connectivity index (χ4n) is 2.07. The highest BCUT2D eigenvalue weighted by atomic mass is 79.9. The van der Waals surface area contributed by atoms with Crippen LogP contribution in [0.3, 0.4) is 0 Å². The lowest BCUT2D eigenvalue weighted by Gasteiger charge is -2.26. The first kappa shape index (κ1) is 15.5. The number of carbonyl (C=O) groups excluding carboxylic acids is 1. The van der Waals surface area contributed by atoms with E-state index >= 15 is 0 Å². The molecule has 110 valence electrons. The van der Waals surface area contributed by atoms with Crippen LogP contribution in [0, 0.1) is 5.82 Å². The van der Waals surface area contributed by atoms with Crippen LogP contribution in [0.15, 0.2) is 46.9 Å². The predicted molar refractivity (Wildman–Crippen MR) is 85.5 cm³/mol. The summed E-state index contributed by atoms with van der Waals surface area (Å²) in [6, 6.07) is 11.3. The van der Waals surface area contributed by atoms with Gasteiger partial charge in [-0.3, -0.25) is 4.79 Å². The maximum atomic E-state index is 13.3. The molecule has 0 radical (unpaired) electrons. The minimum absolute atomic E-state index is 0.170. The van der Waals surface area contributed by atoms with E-state index in [2.05, 4.69) is 15.9 Å². The molecule has 0 bridgehead atoms. The van der Waals surface area contributed by atoms with Crippen LogP contribution in [0.25, 0.3) is 0 Å². The highest BCUT2D eigenvalue weighted by Gasteiger charge is 2.21. The summed E-state index contributed by atoms with van der Waals surface area (Å²) >= 11 is 3.28. The Morgan fingerprint density at radius 3 is 2.67 bits per heavy atom. The number of nitrogens with zero attached hydrogens (tertiary/aromatic N) is 1. The summed E-state index contributed by atoms with van der Waals surface area (Å²) in [6.07, 6.45) is 0. The van der Waals surface area contributed by atoms with Crippen LogP contribution in [0.1, 0.15) is 28.9 Å². The summed E-state index contributed by atoms with van der Waals surface area (Å²) < 4.78 is 13.9. The smallest absolute Gasteiger partial charge is 0.255 e. The maximum Gasteiger partial charge on any atom is 0.255 e. The lowest BCUT2D eigenvalue weighted by Crippen LogP contribution is -2.30. The van der Waals surface area contributed by atoms with Gasteiger partial charge in [0.15, 0.2) is 0 Å². The molecule has 0 spiro atoms. The molecule has 0 heterocycles.